The van der Waals surface area contributed by atoms with Crippen molar-refractivity contribution in [2.45, 2.75) is 12.5 Å². The van der Waals surface area contributed by atoms with Gasteiger partial charge in [0.1, 0.15) is 18.2 Å². The first-order valence-electron chi connectivity index (χ1n) is 5.73. The van der Waals surface area contributed by atoms with Crippen molar-refractivity contribution in [2.75, 3.05) is 0 Å². The van der Waals surface area contributed by atoms with Crippen LogP contribution in [-0.4, -0.2) is 0 Å². The molecule has 0 spiro atoms. The van der Waals surface area contributed by atoms with Gasteiger partial charge in [0.25, 0.3) is 0 Å². The Labute approximate surface area is 131 Å². The van der Waals surface area contributed by atoms with Crippen molar-refractivity contribution < 1.29 is 22.3 Å². The van der Waals surface area contributed by atoms with Gasteiger partial charge in [0.05, 0.1) is 10.0 Å². The zero-order chi connectivity index (χ0) is 15.6. The molecule has 2 aromatic rings. The molecule has 2 rings (SSSR count). The van der Waals surface area contributed by atoms with Crippen LogP contribution in [0.5, 0.6) is 5.75 Å². The lowest BCUT2D eigenvalue weighted by Gasteiger charge is -2.11. The van der Waals surface area contributed by atoms with E-state index >= 15 is 0 Å². The van der Waals surface area contributed by atoms with E-state index < -0.39 is 41.2 Å². The van der Waals surface area contributed by atoms with Crippen molar-refractivity contribution in [3.8, 4) is 5.75 Å². The maximum atomic E-state index is 13.7. The van der Waals surface area contributed by atoms with Crippen LogP contribution in [0.4, 0.5) is 17.6 Å². The highest BCUT2D eigenvalue weighted by atomic mass is 79.9. The second-order valence-corrected chi connectivity index (χ2v) is 5.25. The van der Waals surface area contributed by atoms with Crippen molar-refractivity contribution in [1.82, 2.24) is 0 Å². The van der Waals surface area contributed by atoms with Crippen LogP contribution in [0.15, 0.2) is 28.7 Å². The molecule has 0 aromatic heterocycles. The first-order valence-corrected chi connectivity index (χ1v) is 7.05. The summed E-state index contributed by atoms with van der Waals surface area (Å²) in [5.41, 5.74) is -0.191. The van der Waals surface area contributed by atoms with E-state index in [-0.39, 0.29) is 15.9 Å². The standard InChI is InChI=1S/C14H8BrClF4O/c15-9-1-2-10(17)8(13(9)20)6-21-14-11(18)3-7(5-16)4-12(14)19/h1-4H,5-6H2. The van der Waals surface area contributed by atoms with Crippen molar-refractivity contribution >= 4 is 27.5 Å². The van der Waals surface area contributed by atoms with Gasteiger partial charge >= 0.3 is 0 Å². The molecule has 0 aliphatic carbocycles. The molecule has 0 saturated carbocycles. The summed E-state index contributed by atoms with van der Waals surface area (Å²) in [6.07, 6.45) is 0. The Kier molecular flexibility index (Phi) is 5.11. The van der Waals surface area contributed by atoms with Crippen molar-refractivity contribution in [2.24, 2.45) is 0 Å². The van der Waals surface area contributed by atoms with E-state index in [1.54, 1.807) is 0 Å². The van der Waals surface area contributed by atoms with Gasteiger partial charge in [-0.25, -0.2) is 17.6 Å². The lowest BCUT2D eigenvalue weighted by molar-refractivity contribution is 0.263. The summed E-state index contributed by atoms with van der Waals surface area (Å²) in [6.45, 7) is -0.648. The molecule has 7 heteroatoms. The molecular weight excluding hydrogens is 376 g/mol. The van der Waals surface area contributed by atoms with Gasteiger partial charge in [-0.15, -0.1) is 11.6 Å². The number of rotatable bonds is 4. The fourth-order valence-corrected chi connectivity index (χ4v) is 2.20. The summed E-state index contributed by atoms with van der Waals surface area (Å²) < 4.78 is 59.4. The minimum Gasteiger partial charge on any atom is -0.483 e. The fraction of sp³-hybridized carbons (Fsp3) is 0.143. The summed E-state index contributed by atoms with van der Waals surface area (Å²) in [7, 11) is 0. The van der Waals surface area contributed by atoms with Gasteiger partial charge in [-0.2, -0.15) is 0 Å². The Morgan fingerprint density at radius 1 is 1.00 bits per heavy atom. The molecule has 21 heavy (non-hydrogen) atoms. The summed E-state index contributed by atoms with van der Waals surface area (Å²) in [5.74, 6) is -4.49. The van der Waals surface area contributed by atoms with Crippen LogP contribution >= 0.6 is 27.5 Å². The molecule has 0 amide bonds. The van der Waals surface area contributed by atoms with Crippen molar-refractivity contribution in [3.63, 3.8) is 0 Å². The molecule has 0 fully saturated rings. The molecule has 0 aliphatic rings. The lowest BCUT2D eigenvalue weighted by Crippen LogP contribution is -2.05. The molecule has 0 aliphatic heterocycles. The summed E-state index contributed by atoms with van der Waals surface area (Å²) in [5, 5.41) is 0. The van der Waals surface area contributed by atoms with Crippen LogP contribution in [0.25, 0.3) is 0 Å². The SMILES string of the molecule is Fc1ccc(Br)c(F)c1COc1c(F)cc(CCl)cc1F. The highest BCUT2D eigenvalue weighted by molar-refractivity contribution is 9.10. The topological polar surface area (TPSA) is 9.23 Å². The number of hydrogen-bond donors (Lipinski definition) is 0. The van der Waals surface area contributed by atoms with Crippen LogP contribution in [0.3, 0.4) is 0 Å². The maximum absolute atomic E-state index is 13.7. The maximum Gasteiger partial charge on any atom is 0.191 e. The van der Waals surface area contributed by atoms with E-state index in [2.05, 4.69) is 15.9 Å². The third kappa shape index (κ3) is 3.49. The molecule has 0 bridgehead atoms. The molecule has 0 saturated heterocycles. The number of benzene rings is 2. The monoisotopic (exact) mass is 382 g/mol. The Morgan fingerprint density at radius 2 is 1.62 bits per heavy atom. The summed E-state index contributed by atoms with van der Waals surface area (Å²) >= 11 is 8.37. The zero-order valence-corrected chi connectivity index (χ0v) is 12.7. The van der Waals surface area contributed by atoms with E-state index in [1.807, 2.05) is 0 Å². The van der Waals surface area contributed by atoms with Gasteiger partial charge in [-0.1, -0.05) is 0 Å². The number of alkyl halides is 1. The molecule has 0 unspecified atom stereocenters. The Balaban J connectivity index is 2.27. The highest BCUT2D eigenvalue weighted by Gasteiger charge is 2.17. The fourth-order valence-electron chi connectivity index (χ4n) is 1.67. The van der Waals surface area contributed by atoms with Gasteiger partial charge < -0.3 is 4.74 Å². The van der Waals surface area contributed by atoms with E-state index in [4.69, 9.17) is 16.3 Å². The normalized spacial score (nSPS) is 10.8. The molecule has 2 aromatic carbocycles. The van der Waals surface area contributed by atoms with Crippen LogP contribution in [0.1, 0.15) is 11.1 Å². The highest BCUT2D eigenvalue weighted by Crippen LogP contribution is 2.27. The second kappa shape index (κ2) is 6.66. The summed E-state index contributed by atoms with van der Waals surface area (Å²) in [6, 6.07) is 4.21. The van der Waals surface area contributed by atoms with E-state index in [9.17, 15) is 17.6 Å². The quantitative estimate of drug-likeness (QED) is 0.394. The van der Waals surface area contributed by atoms with E-state index in [0.717, 1.165) is 18.2 Å². The van der Waals surface area contributed by atoms with Crippen LogP contribution < -0.4 is 4.74 Å². The number of hydrogen-bond acceptors (Lipinski definition) is 1. The third-order valence-electron chi connectivity index (χ3n) is 2.71. The van der Waals surface area contributed by atoms with Gasteiger partial charge in [0, 0.05) is 5.88 Å². The summed E-state index contributed by atoms with van der Waals surface area (Å²) in [4.78, 5) is 0. The average Bonchev–Trinajstić information content (AvgIpc) is 2.45. The van der Waals surface area contributed by atoms with Gasteiger partial charge in [-0.3, -0.25) is 0 Å². The Morgan fingerprint density at radius 3 is 2.19 bits per heavy atom. The molecule has 0 N–H and O–H groups in total. The number of halogens is 6. The minimum absolute atomic E-state index is 0.0286. The molecule has 1 nitrogen and oxygen atoms in total. The van der Waals surface area contributed by atoms with Crippen LogP contribution in [0, 0.1) is 23.3 Å². The Bertz CT molecular complexity index is 655. The molecule has 0 radical (unpaired) electrons. The molecular formula is C14H8BrClF4O. The van der Waals surface area contributed by atoms with Gasteiger partial charge in [-0.05, 0) is 45.8 Å². The van der Waals surface area contributed by atoms with Gasteiger partial charge in [0.15, 0.2) is 17.4 Å². The molecule has 112 valence electrons. The van der Waals surface area contributed by atoms with Crippen molar-refractivity contribution in [1.29, 1.82) is 0 Å². The van der Waals surface area contributed by atoms with Crippen molar-refractivity contribution in [3.05, 3.63) is 63.1 Å². The zero-order valence-electron chi connectivity index (χ0n) is 10.4. The molecule has 0 atom stereocenters. The first-order chi connectivity index (χ1) is 9.93. The second-order valence-electron chi connectivity index (χ2n) is 4.13. The predicted molar refractivity (Wildman–Crippen MR) is 74.3 cm³/mol. The van der Waals surface area contributed by atoms with E-state index in [0.29, 0.717) is 0 Å². The van der Waals surface area contributed by atoms with Crippen LogP contribution in [-0.2, 0) is 12.5 Å². The van der Waals surface area contributed by atoms with Crippen LogP contribution in [0.2, 0.25) is 0 Å². The average molecular weight is 384 g/mol. The van der Waals surface area contributed by atoms with Gasteiger partial charge in [0.2, 0.25) is 0 Å². The smallest absolute Gasteiger partial charge is 0.191 e. The first kappa shape index (κ1) is 16.1. The minimum atomic E-state index is -0.985. The predicted octanol–water partition coefficient (Wildman–Crippen LogP) is 5.32. The lowest BCUT2D eigenvalue weighted by atomic mass is 10.2. The Hall–Kier alpha value is -1.27. The van der Waals surface area contributed by atoms with E-state index in [1.165, 1.54) is 6.07 Å². The number of ether oxygens (including phenoxy) is 1. The molecule has 0 heterocycles. The largest absolute Gasteiger partial charge is 0.483 e. The third-order valence-corrected chi connectivity index (χ3v) is 3.63.